The zero-order valence-corrected chi connectivity index (χ0v) is 46.9. The quantitative estimate of drug-likeness (QED) is 0.131. The van der Waals surface area contributed by atoms with E-state index in [4.69, 9.17) is 19.9 Å². The summed E-state index contributed by atoms with van der Waals surface area (Å²) in [5.74, 6) is 1.56. The normalized spacial score (nSPS) is 11.1. The Morgan fingerprint density at radius 1 is 0.261 bits per heavy atom. The predicted molar refractivity (Wildman–Crippen MR) is 349 cm³/mol. The highest BCUT2D eigenvalue weighted by molar-refractivity contribution is 6.14. The average Bonchev–Trinajstić information content (AvgIpc) is 1.63. The first kappa shape index (κ1) is 52.0. The maximum atomic E-state index is 9.99. The van der Waals surface area contributed by atoms with E-state index in [9.17, 15) is 21.0 Å². The minimum absolute atomic E-state index is 0.486. The lowest BCUT2D eigenvalue weighted by atomic mass is 9.99. The van der Waals surface area contributed by atoms with Gasteiger partial charge in [-0.1, -0.05) is 133 Å². The molecule has 0 radical (unpaired) electrons. The van der Waals surface area contributed by atoms with Gasteiger partial charge in [0.25, 0.3) is 0 Å². The van der Waals surface area contributed by atoms with Crippen LogP contribution in [0.1, 0.15) is 22.3 Å². The maximum absolute atomic E-state index is 9.99. The van der Waals surface area contributed by atoms with Gasteiger partial charge >= 0.3 is 0 Å². The molecule has 4 aromatic heterocycles. The van der Waals surface area contributed by atoms with Crippen LogP contribution in [0.4, 0.5) is 0 Å². The Morgan fingerprint density at radius 2 is 0.580 bits per heavy atom. The van der Waals surface area contributed by atoms with Crippen LogP contribution in [-0.2, 0) is 0 Å². The summed E-state index contributed by atoms with van der Waals surface area (Å²) in [4.78, 5) is 20.5. The highest BCUT2D eigenvalue weighted by Gasteiger charge is 2.24. The summed E-state index contributed by atoms with van der Waals surface area (Å²) < 4.78 is 4.63. The number of nitrogens with zero attached hydrogens (tertiary/aromatic N) is 10. The average molecular weight is 1120 g/mol. The van der Waals surface area contributed by atoms with E-state index in [1.165, 1.54) is 0 Å². The first-order valence-electron chi connectivity index (χ1n) is 28.6. The van der Waals surface area contributed by atoms with Gasteiger partial charge in [-0.3, -0.25) is 4.98 Å². The third-order valence-corrected chi connectivity index (χ3v) is 16.4. The van der Waals surface area contributed by atoms with Crippen molar-refractivity contribution in [2.24, 2.45) is 0 Å². The molecule has 0 unspecified atom stereocenters. The largest absolute Gasteiger partial charge is 0.309 e. The fourth-order valence-corrected chi connectivity index (χ4v) is 12.2. The van der Waals surface area contributed by atoms with Gasteiger partial charge < -0.3 is 9.13 Å². The number of aromatic nitrogens is 6. The lowest BCUT2D eigenvalue weighted by Gasteiger charge is -2.19. The number of benzene rings is 11. The fraction of sp³-hybridized carbons (Fsp3) is 0. The molecule has 0 saturated heterocycles. The van der Waals surface area contributed by atoms with Crippen LogP contribution in [0.2, 0.25) is 0 Å². The highest BCUT2D eigenvalue weighted by atomic mass is 15.0. The van der Waals surface area contributed by atoms with Gasteiger partial charge in [0.1, 0.15) is 0 Å². The number of nitriles is 4. The van der Waals surface area contributed by atoms with Gasteiger partial charge in [-0.25, -0.2) is 15.0 Å². The van der Waals surface area contributed by atoms with Gasteiger partial charge in [0.15, 0.2) is 17.5 Å². The summed E-state index contributed by atoms with van der Waals surface area (Å²) in [6.45, 7) is 0. The molecule has 0 fully saturated rings. The fourth-order valence-electron chi connectivity index (χ4n) is 12.2. The molecule has 0 spiro atoms. The van der Waals surface area contributed by atoms with Crippen molar-refractivity contribution < 1.29 is 0 Å². The molecule has 4 heterocycles. The first-order chi connectivity index (χ1) is 43.4. The van der Waals surface area contributed by atoms with E-state index in [0.29, 0.717) is 39.7 Å². The predicted octanol–water partition coefficient (Wildman–Crippen LogP) is 18.3. The third kappa shape index (κ3) is 9.22. The van der Waals surface area contributed by atoms with E-state index in [-0.39, 0.29) is 0 Å². The molecule has 88 heavy (non-hydrogen) atoms. The number of fused-ring (bicyclic) bond motifs is 6. The molecule has 10 nitrogen and oxygen atoms in total. The van der Waals surface area contributed by atoms with Gasteiger partial charge in [-0.15, -0.1) is 0 Å². The summed E-state index contributed by atoms with van der Waals surface area (Å²) in [5, 5.41) is 43.9. The topological polar surface area (TPSA) is 157 Å². The molecule has 10 heteroatoms. The molecule has 0 N–H and O–H groups in total. The van der Waals surface area contributed by atoms with Crippen molar-refractivity contribution >= 4 is 43.6 Å². The summed E-state index contributed by atoms with van der Waals surface area (Å²) in [6, 6.07) is 94.3. The van der Waals surface area contributed by atoms with E-state index >= 15 is 0 Å². The zero-order valence-electron chi connectivity index (χ0n) is 46.9. The lowest BCUT2D eigenvalue weighted by molar-refractivity contribution is 1.07. The Morgan fingerprint density at radius 3 is 0.943 bits per heavy atom. The van der Waals surface area contributed by atoms with Gasteiger partial charge in [-0.2, -0.15) is 21.0 Å². The molecule has 0 atom stereocenters. The van der Waals surface area contributed by atoms with Crippen LogP contribution in [0, 0.1) is 45.3 Å². The summed E-state index contributed by atoms with van der Waals surface area (Å²) in [6.07, 6.45) is 3.77. The second-order valence-electron chi connectivity index (χ2n) is 21.5. The Hall–Kier alpha value is -12.9. The van der Waals surface area contributed by atoms with Crippen molar-refractivity contribution in [2.75, 3.05) is 0 Å². The SMILES string of the molecule is N#Cc1cccc(-c2ccc3c(c2)c2cc(-c4cccc(C#N)c4)ccc2n3-c2ccncc2-c2cc(-c3nc(-c4ccccc4)nc(-c4ccccc4)n3)ccc2-n2c3ccc(-c4cccc(C#N)c4)cc3c3cc(-c4cccc(C#N)c4)ccc32)c1. The van der Waals surface area contributed by atoms with Gasteiger partial charge in [-0.05, 0) is 166 Å². The van der Waals surface area contributed by atoms with Crippen LogP contribution in [0.15, 0.2) is 267 Å². The zero-order chi connectivity index (χ0) is 59.2. The van der Waals surface area contributed by atoms with E-state index in [1.807, 2.05) is 170 Å². The number of hydrogen-bond acceptors (Lipinski definition) is 8. The Balaban J connectivity index is 1.02. The molecular weight excluding hydrogens is 1080 g/mol. The van der Waals surface area contributed by atoms with Crippen molar-refractivity contribution in [2.45, 2.75) is 0 Å². The van der Waals surface area contributed by atoms with Gasteiger partial charge in [0.05, 0.1) is 80.0 Å². The molecule has 0 aliphatic heterocycles. The number of hydrogen-bond donors (Lipinski definition) is 0. The minimum atomic E-state index is 0.486. The second kappa shape index (κ2) is 21.7. The summed E-state index contributed by atoms with van der Waals surface area (Å²) in [7, 11) is 0. The first-order valence-corrected chi connectivity index (χ1v) is 28.6. The third-order valence-electron chi connectivity index (χ3n) is 16.4. The molecule has 0 aliphatic carbocycles. The van der Waals surface area contributed by atoms with E-state index in [1.54, 1.807) is 0 Å². The van der Waals surface area contributed by atoms with Crippen LogP contribution in [0.3, 0.4) is 0 Å². The van der Waals surface area contributed by atoms with Crippen LogP contribution in [-0.4, -0.2) is 29.1 Å². The Labute approximate surface area is 505 Å². The van der Waals surface area contributed by atoms with Gasteiger partial charge in [0.2, 0.25) is 0 Å². The molecule has 0 aliphatic rings. The molecular formula is C78H44N10. The minimum Gasteiger partial charge on any atom is -0.309 e. The molecule has 11 aromatic carbocycles. The van der Waals surface area contributed by atoms with Crippen molar-refractivity contribution in [1.82, 2.24) is 29.1 Å². The van der Waals surface area contributed by atoms with Crippen molar-refractivity contribution in [3.63, 3.8) is 0 Å². The molecule has 0 saturated carbocycles. The molecule has 15 rings (SSSR count). The van der Waals surface area contributed by atoms with Crippen LogP contribution in [0.5, 0.6) is 0 Å². The standard InChI is InChI=1S/C78H44N10/c79-44-49-11-7-19-55(35-49)59-23-28-70-64(39-59)65-40-60(56-20-8-12-50(36-56)45-80)24-29-71(65)87(70)74-32-27-63(78-85-76(53-15-3-1-4-16-53)84-77(86-78)54-17-5-2-6-18-54)43-68(74)69-48-83-34-33-75(69)88-72-30-25-61(57-21-9-13-51(37-57)46-81)41-66(72)67-42-62(26-31-73(67)88)58-22-10-14-52(38-58)47-82/h1-43,48H. The molecule has 406 valence electrons. The number of rotatable bonds is 10. The highest BCUT2D eigenvalue weighted by Crippen LogP contribution is 2.45. The lowest BCUT2D eigenvalue weighted by Crippen LogP contribution is -2.04. The Kier molecular flexibility index (Phi) is 12.8. The van der Waals surface area contributed by atoms with Crippen molar-refractivity contribution in [3.8, 4) is 125 Å². The molecule has 0 bridgehead atoms. The smallest absolute Gasteiger partial charge is 0.164 e. The van der Waals surface area contributed by atoms with E-state index < -0.39 is 0 Å². The van der Waals surface area contributed by atoms with Crippen molar-refractivity contribution in [1.29, 1.82) is 21.0 Å². The Bertz CT molecular complexity index is 5230. The molecule has 0 amide bonds. The van der Waals surface area contributed by atoms with Crippen LogP contribution in [0.25, 0.3) is 145 Å². The monoisotopic (exact) mass is 1120 g/mol. The summed E-state index contributed by atoms with van der Waals surface area (Å²) >= 11 is 0. The van der Waals surface area contributed by atoms with Crippen LogP contribution < -0.4 is 0 Å². The van der Waals surface area contributed by atoms with Crippen molar-refractivity contribution in [3.05, 3.63) is 289 Å². The summed E-state index contributed by atoms with van der Waals surface area (Å²) in [5.41, 5.74) is 19.4. The van der Waals surface area contributed by atoms with Gasteiger partial charge in [0, 0.05) is 61.8 Å². The van der Waals surface area contributed by atoms with E-state index in [2.05, 4.69) is 130 Å². The van der Waals surface area contributed by atoms with Crippen LogP contribution >= 0.6 is 0 Å². The molecule has 15 aromatic rings. The second-order valence-corrected chi connectivity index (χ2v) is 21.5. The number of pyridine rings is 1. The van der Waals surface area contributed by atoms with E-state index in [0.717, 1.165) is 127 Å². The maximum Gasteiger partial charge on any atom is 0.164 e.